The number of phenols is 3. The lowest BCUT2D eigenvalue weighted by molar-refractivity contribution is -0.277. The summed E-state index contributed by atoms with van der Waals surface area (Å²) in [6.07, 6.45) is -7.88. The lowest BCUT2D eigenvalue weighted by atomic mass is 9.99. The van der Waals surface area contributed by atoms with Crippen molar-refractivity contribution in [2.45, 2.75) is 30.7 Å². The van der Waals surface area contributed by atoms with Gasteiger partial charge in [-0.05, 0) is 18.2 Å². The van der Waals surface area contributed by atoms with Gasteiger partial charge in [-0.3, -0.25) is 4.79 Å². The van der Waals surface area contributed by atoms with Crippen molar-refractivity contribution in [3.8, 4) is 40.1 Å². The van der Waals surface area contributed by atoms with Gasteiger partial charge in [-0.1, -0.05) is 0 Å². The Bertz CT molecular complexity index is 1270. The van der Waals surface area contributed by atoms with Crippen LogP contribution in [0.1, 0.15) is 0 Å². The van der Waals surface area contributed by atoms with E-state index in [1.54, 1.807) is 0 Å². The highest BCUT2D eigenvalue weighted by atomic mass is 16.7. The lowest BCUT2D eigenvalue weighted by Gasteiger charge is -2.39. The third kappa shape index (κ3) is 3.97. The van der Waals surface area contributed by atoms with Crippen molar-refractivity contribution in [1.82, 2.24) is 0 Å². The molecule has 4 rings (SSSR count). The van der Waals surface area contributed by atoms with E-state index < -0.39 is 54.2 Å². The number of fused-ring (bicyclic) bond motifs is 1. The summed E-state index contributed by atoms with van der Waals surface area (Å²) < 4.78 is 21.8. The average Bonchev–Trinajstić information content (AvgIpc) is 2.80. The van der Waals surface area contributed by atoms with E-state index in [0.717, 1.165) is 6.07 Å². The maximum atomic E-state index is 12.7. The van der Waals surface area contributed by atoms with Crippen LogP contribution in [0.5, 0.6) is 28.7 Å². The van der Waals surface area contributed by atoms with Crippen molar-refractivity contribution in [3.63, 3.8) is 0 Å². The van der Waals surface area contributed by atoms with Crippen LogP contribution in [0.3, 0.4) is 0 Å². The first-order chi connectivity index (χ1) is 16.2. The summed E-state index contributed by atoms with van der Waals surface area (Å²) in [5.74, 6) is -1.99. The molecule has 12 nitrogen and oxygen atoms in total. The van der Waals surface area contributed by atoms with Crippen LogP contribution in [-0.4, -0.2) is 80.2 Å². The molecule has 5 atom stereocenters. The predicted octanol–water partition coefficient (Wildman–Crippen LogP) is -0.236. The van der Waals surface area contributed by atoms with Crippen LogP contribution in [0, 0.1) is 0 Å². The Morgan fingerprint density at radius 1 is 0.971 bits per heavy atom. The molecular weight excluding hydrogens is 456 g/mol. The summed E-state index contributed by atoms with van der Waals surface area (Å²) in [7, 11) is 1.19. The van der Waals surface area contributed by atoms with Gasteiger partial charge in [-0.25, -0.2) is 0 Å². The second kappa shape index (κ2) is 9.00. The van der Waals surface area contributed by atoms with Gasteiger partial charge in [0.25, 0.3) is 0 Å². The zero-order chi connectivity index (χ0) is 24.7. The van der Waals surface area contributed by atoms with Crippen molar-refractivity contribution >= 4 is 11.0 Å². The molecule has 0 aliphatic carbocycles. The molecule has 0 unspecified atom stereocenters. The van der Waals surface area contributed by atoms with Crippen LogP contribution in [0.25, 0.3) is 22.3 Å². The fraction of sp³-hybridized carbons (Fsp3) is 0.318. The van der Waals surface area contributed by atoms with Gasteiger partial charge >= 0.3 is 0 Å². The highest BCUT2D eigenvalue weighted by molar-refractivity contribution is 5.89. The summed E-state index contributed by atoms with van der Waals surface area (Å²) in [5, 5.41) is 69.2. The SMILES string of the molecule is COc1c(O[C@H]2O[C@@H](CO)[C@H](O)[C@@H](O)[C@@H]2O)cc2oc(-c3ccc(O)c(O)c3)cc(=O)c2c1O. The highest BCUT2D eigenvalue weighted by Crippen LogP contribution is 2.43. The molecule has 3 aromatic rings. The molecule has 12 heteroatoms. The van der Waals surface area contributed by atoms with E-state index in [2.05, 4.69) is 0 Å². The van der Waals surface area contributed by atoms with Crippen LogP contribution in [0.15, 0.2) is 39.5 Å². The van der Waals surface area contributed by atoms with Gasteiger partial charge in [0, 0.05) is 17.7 Å². The Balaban J connectivity index is 1.80. The molecule has 7 N–H and O–H groups in total. The molecule has 0 spiro atoms. The van der Waals surface area contributed by atoms with Crippen molar-refractivity contribution in [2.75, 3.05) is 13.7 Å². The molecule has 0 saturated carbocycles. The van der Waals surface area contributed by atoms with E-state index in [-0.39, 0.29) is 39.5 Å². The van der Waals surface area contributed by atoms with E-state index in [9.17, 15) is 40.5 Å². The third-order valence-electron chi connectivity index (χ3n) is 5.47. The average molecular weight is 478 g/mol. The van der Waals surface area contributed by atoms with E-state index in [1.165, 1.54) is 31.4 Å². The maximum Gasteiger partial charge on any atom is 0.229 e. The minimum Gasteiger partial charge on any atom is -0.504 e. The van der Waals surface area contributed by atoms with E-state index in [1.807, 2.05) is 0 Å². The largest absolute Gasteiger partial charge is 0.504 e. The molecule has 1 fully saturated rings. The molecule has 34 heavy (non-hydrogen) atoms. The van der Waals surface area contributed by atoms with Crippen molar-refractivity contribution in [3.05, 3.63) is 40.6 Å². The second-order valence-electron chi connectivity index (χ2n) is 7.62. The standard InChI is InChI=1S/C22H22O12/c1-31-21-14(33-22-20(30)19(29)17(27)15(7-23)34-22)6-13-16(18(21)28)11(26)5-12(32-13)8-2-3-9(24)10(25)4-8/h2-6,15,17,19-20,22-25,27-30H,7H2,1H3/t15-,17-,19+,20-,22-/m0/s1. The molecule has 2 aromatic carbocycles. The molecule has 1 aliphatic heterocycles. The number of aliphatic hydroxyl groups is 4. The Morgan fingerprint density at radius 3 is 2.35 bits per heavy atom. The van der Waals surface area contributed by atoms with Crippen molar-refractivity contribution < 1.29 is 54.4 Å². The zero-order valence-corrected chi connectivity index (χ0v) is 17.7. The van der Waals surface area contributed by atoms with Crippen LogP contribution < -0.4 is 14.9 Å². The summed E-state index contributed by atoms with van der Waals surface area (Å²) in [5.41, 5.74) is -0.562. The van der Waals surface area contributed by atoms with Crippen LogP contribution in [0.4, 0.5) is 0 Å². The van der Waals surface area contributed by atoms with Gasteiger partial charge < -0.3 is 54.4 Å². The van der Waals surface area contributed by atoms with Gasteiger partial charge in [-0.15, -0.1) is 0 Å². The number of methoxy groups -OCH3 is 1. The van der Waals surface area contributed by atoms with Gasteiger partial charge in [0.1, 0.15) is 41.1 Å². The molecule has 0 radical (unpaired) electrons. The number of hydrogen-bond donors (Lipinski definition) is 7. The molecule has 0 bridgehead atoms. The second-order valence-corrected chi connectivity index (χ2v) is 7.62. The molecule has 1 aromatic heterocycles. The molecular formula is C22H22O12. The number of phenolic OH excluding ortho intramolecular Hbond substituents is 3. The summed E-state index contributed by atoms with van der Waals surface area (Å²) >= 11 is 0. The highest BCUT2D eigenvalue weighted by Gasteiger charge is 2.45. The number of rotatable bonds is 5. The number of hydrogen-bond acceptors (Lipinski definition) is 12. The first kappa shape index (κ1) is 23.6. The Morgan fingerprint density at radius 2 is 1.71 bits per heavy atom. The van der Waals surface area contributed by atoms with Crippen molar-refractivity contribution in [1.29, 1.82) is 0 Å². The molecule has 182 valence electrons. The fourth-order valence-electron chi connectivity index (χ4n) is 3.66. The lowest BCUT2D eigenvalue weighted by Crippen LogP contribution is -2.60. The topological polar surface area (TPSA) is 200 Å². The number of ether oxygens (including phenoxy) is 3. The first-order valence-corrected chi connectivity index (χ1v) is 10.0. The molecule has 1 saturated heterocycles. The normalized spacial score (nSPS) is 24.8. The smallest absolute Gasteiger partial charge is 0.229 e. The molecule has 0 amide bonds. The van der Waals surface area contributed by atoms with Gasteiger partial charge in [0.05, 0.1) is 13.7 Å². The zero-order valence-electron chi connectivity index (χ0n) is 17.7. The van der Waals surface area contributed by atoms with E-state index >= 15 is 0 Å². The Labute approximate surface area is 191 Å². The van der Waals surface area contributed by atoms with Crippen LogP contribution in [0.2, 0.25) is 0 Å². The Kier molecular flexibility index (Phi) is 6.25. The summed E-state index contributed by atoms with van der Waals surface area (Å²) in [6, 6.07) is 6.03. The number of aliphatic hydroxyl groups excluding tert-OH is 4. The van der Waals surface area contributed by atoms with Gasteiger partial charge in [-0.2, -0.15) is 0 Å². The van der Waals surface area contributed by atoms with Gasteiger partial charge in [0.15, 0.2) is 28.4 Å². The Hall–Kier alpha value is -3.55. The molecule has 2 heterocycles. The third-order valence-corrected chi connectivity index (χ3v) is 5.47. The van der Waals surface area contributed by atoms with Crippen molar-refractivity contribution in [2.24, 2.45) is 0 Å². The monoisotopic (exact) mass is 478 g/mol. The quantitative estimate of drug-likeness (QED) is 0.238. The minimum atomic E-state index is -1.74. The van der Waals surface area contributed by atoms with E-state index in [0.29, 0.717) is 0 Å². The first-order valence-electron chi connectivity index (χ1n) is 10.0. The van der Waals surface area contributed by atoms with Crippen LogP contribution >= 0.6 is 0 Å². The van der Waals surface area contributed by atoms with Gasteiger partial charge in [0.2, 0.25) is 12.0 Å². The minimum absolute atomic E-state index is 0.00356. The predicted molar refractivity (Wildman–Crippen MR) is 114 cm³/mol. The van der Waals surface area contributed by atoms with Crippen LogP contribution in [-0.2, 0) is 4.74 Å². The molecule has 1 aliphatic rings. The number of aromatic hydroxyl groups is 3. The maximum absolute atomic E-state index is 12.7. The number of benzene rings is 2. The van der Waals surface area contributed by atoms with E-state index in [4.69, 9.17) is 18.6 Å². The summed E-state index contributed by atoms with van der Waals surface area (Å²) in [6.45, 7) is -0.678. The fourth-order valence-corrected chi connectivity index (χ4v) is 3.66. The summed E-state index contributed by atoms with van der Waals surface area (Å²) in [4.78, 5) is 12.7.